The molecular weight excluding hydrogens is 116 g/mol. The van der Waals surface area contributed by atoms with Crippen LogP contribution in [0.15, 0.2) is 0 Å². The predicted molar refractivity (Wildman–Crippen MR) is 37.3 cm³/mol. The first-order valence-corrected chi connectivity index (χ1v) is 3.57. The molecule has 0 bridgehead atoms. The SMILES string of the molecule is CCCCC(C)COO. The molecule has 0 fully saturated rings. The van der Waals surface area contributed by atoms with E-state index in [1.54, 1.807) is 0 Å². The summed E-state index contributed by atoms with van der Waals surface area (Å²) in [6.45, 7) is 4.71. The van der Waals surface area contributed by atoms with Crippen LogP contribution < -0.4 is 0 Å². The Morgan fingerprint density at radius 1 is 1.56 bits per heavy atom. The molecule has 0 radical (unpaired) electrons. The summed E-state index contributed by atoms with van der Waals surface area (Å²) in [5.41, 5.74) is 0. The van der Waals surface area contributed by atoms with Gasteiger partial charge in [0, 0.05) is 0 Å². The second-order valence-electron chi connectivity index (χ2n) is 2.54. The average molecular weight is 132 g/mol. The fourth-order valence-electron chi connectivity index (χ4n) is 0.763. The van der Waals surface area contributed by atoms with E-state index in [1.165, 1.54) is 12.8 Å². The van der Waals surface area contributed by atoms with Gasteiger partial charge in [-0.1, -0.05) is 26.7 Å². The molecule has 0 amide bonds. The number of hydrogen-bond donors (Lipinski definition) is 1. The topological polar surface area (TPSA) is 29.5 Å². The van der Waals surface area contributed by atoms with Gasteiger partial charge in [0.2, 0.25) is 0 Å². The van der Waals surface area contributed by atoms with E-state index in [4.69, 9.17) is 5.26 Å². The maximum Gasteiger partial charge on any atom is 0.0845 e. The van der Waals surface area contributed by atoms with Crippen LogP contribution in [0, 0.1) is 5.92 Å². The monoisotopic (exact) mass is 132 g/mol. The third kappa shape index (κ3) is 5.80. The Hall–Kier alpha value is -0.0800. The highest BCUT2D eigenvalue weighted by Crippen LogP contribution is 2.06. The Labute approximate surface area is 56.8 Å². The molecule has 1 N–H and O–H groups in total. The van der Waals surface area contributed by atoms with Gasteiger partial charge in [-0.15, -0.1) is 0 Å². The van der Waals surface area contributed by atoms with Crippen LogP contribution in [0.3, 0.4) is 0 Å². The van der Waals surface area contributed by atoms with Crippen molar-refractivity contribution in [2.24, 2.45) is 5.92 Å². The van der Waals surface area contributed by atoms with E-state index in [1.807, 2.05) is 0 Å². The molecule has 0 aromatic rings. The minimum atomic E-state index is 0.472. The van der Waals surface area contributed by atoms with E-state index >= 15 is 0 Å². The van der Waals surface area contributed by atoms with E-state index in [-0.39, 0.29) is 0 Å². The molecule has 0 saturated heterocycles. The lowest BCUT2D eigenvalue weighted by atomic mass is 10.1. The van der Waals surface area contributed by atoms with Crippen LogP contribution in [0.1, 0.15) is 33.1 Å². The molecule has 0 spiro atoms. The first-order chi connectivity index (χ1) is 4.31. The molecule has 2 nitrogen and oxygen atoms in total. The molecule has 1 atom stereocenters. The Morgan fingerprint density at radius 3 is 2.67 bits per heavy atom. The highest BCUT2D eigenvalue weighted by atomic mass is 17.1. The summed E-state index contributed by atoms with van der Waals surface area (Å²) in [7, 11) is 0. The second-order valence-corrected chi connectivity index (χ2v) is 2.54. The van der Waals surface area contributed by atoms with Gasteiger partial charge < -0.3 is 0 Å². The molecule has 1 unspecified atom stereocenters. The molecule has 0 saturated carbocycles. The number of hydrogen-bond acceptors (Lipinski definition) is 2. The van der Waals surface area contributed by atoms with Gasteiger partial charge in [0.05, 0.1) is 6.61 Å². The zero-order valence-electron chi connectivity index (χ0n) is 6.26. The maximum atomic E-state index is 8.04. The zero-order chi connectivity index (χ0) is 7.11. The zero-order valence-corrected chi connectivity index (χ0v) is 6.26. The minimum Gasteiger partial charge on any atom is -0.252 e. The van der Waals surface area contributed by atoms with Crippen molar-refractivity contribution in [3.05, 3.63) is 0 Å². The van der Waals surface area contributed by atoms with E-state index in [2.05, 4.69) is 18.7 Å². The predicted octanol–water partition coefficient (Wildman–Crippen LogP) is 2.30. The lowest BCUT2D eigenvalue weighted by Crippen LogP contribution is -2.02. The first-order valence-electron chi connectivity index (χ1n) is 3.57. The summed E-state index contributed by atoms with van der Waals surface area (Å²) in [5.74, 6) is 0.495. The van der Waals surface area contributed by atoms with Gasteiger partial charge in [-0.05, 0) is 12.3 Å². The third-order valence-electron chi connectivity index (χ3n) is 1.41. The maximum absolute atomic E-state index is 8.04. The van der Waals surface area contributed by atoms with Gasteiger partial charge in [0.25, 0.3) is 0 Å². The van der Waals surface area contributed by atoms with Crippen molar-refractivity contribution in [2.75, 3.05) is 6.61 Å². The molecule has 2 heteroatoms. The highest BCUT2D eigenvalue weighted by Gasteiger charge is 1.99. The normalized spacial score (nSPS) is 13.7. The average Bonchev–Trinajstić information content (AvgIpc) is 1.85. The van der Waals surface area contributed by atoms with Crippen LogP contribution in [0.25, 0.3) is 0 Å². The lowest BCUT2D eigenvalue weighted by molar-refractivity contribution is -0.250. The smallest absolute Gasteiger partial charge is 0.0845 e. The summed E-state index contributed by atoms with van der Waals surface area (Å²) in [6, 6.07) is 0. The fourth-order valence-corrected chi connectivity index (χ4v) is 0.763. The standard InChI is InChI=1S/C7H16O2/c1-3-4-5-7(2)6-9-8/h7-8H,3-6H2,1-2H3. The number of unbranched alkanes of at least 4 members (excludes halogenated alkanes) is 1. The first kappa shape index (κ1) is 8.92. The van der Waals surface area contributed by atoms with E-state index in [9.17, 15) is 0 Å². The van der Waals surface area contributed by atoms with Gasteiger partial charge in [-0.25, -0.2) is 4.89 Å². The van der Waals surface area contributed by atoms with Crippen molar-refractivity contribution < 1.29 is 10.1 Å². The minimum absolute atomic E-state index is 0.472. The van der Waals surface area contributed by atoms with Crippen molar-refractivity contribution >= 4 is 0 Å². The van der Waals surface area contributed by atoms with Gasteiger partial charge in [-0.3, -0.25) is 5.26 Å². The molecule has 0 aliphatic heterocycles. The van der Waals surface area contributed by atoms with Crippen LogP contribution in [0.2, 0.25) is 0 Å². The Bertz CT molecular complexity index is 54.9. The van der Waals surface area contributed by atoms with Crippen LogP contribution in [0.4, 0.5) is 0 Å². The molecule has 9 heavy (non-hydrogen) atoms. The van der Waals surface area contributed by atoms with Crippen molar-refractivity contribution in [3.8, 4) is 0 Å². The van der Waals surface area contributed by atoms with Gasteiger partial charge in [0.15, 0.2) is 0 Å². The van der Waals surface area contributed by atoms with Crippen molar-refractivity contribution in [1.82, 2.24) is 0 Å². The van der Waals surface area contributed by atoms with E-state index in [0.717, 1.165) is 6.42 Å². The van der Waals surface area contributed by atoms with E-state index in [0.29, 0.717) is 12.5 Å². The second kappa shape index (κ2) is 6.05. The Morgan fingerprint density at radius 2 is 2.22 bits per heavy atom. The number of rotatable bonds is 5. The molecule has 0 aliphatic carbocycles. The van der Waals surface area contributed by atoms with Crippen LogP contribution in [-0.2, 0) is 4.89 Å². The molecule has 0 aromatic carbocycles. The third-order valence-corrected chi connectivity index (χ3v) is 1.41. The van der Waals surface area contributed by atoms with E-state index < -0.39 is 0 Å². The summed E-state index contributed by atoms with van der Waals surface area (Å²) >= 11 is 0. The molecule has 0 aliphatic rings. The largest absolute Gasteiger partial charge is 0.252 e. The van der Waals surface area contributed by atoms with Crippen molar-refractivity contribution in [1.29, 1.82) is 0 Å². The molecular formula is C7H16O2. The quantitative estimate of drug-likeness (QED) is 0.459. The van der Waals surface area contributed by atoms with Crippen molar-refractivity contribution in [2.45, 2.75) is 33.1 Å². The van der Waals surface area contributed by atoms with Gasteiger partial charge in [0.1, 0.15) is 0 Å². The fraction of sp³-hybridized carbons (Fsp3) is 1.00. The molecule has 0 heterocycles. The van der Waals surface area contributed by atoms with Crippen LogP contribution in [0.5, 0.6) is 0 Å². The molecule has 56 valence electrons. The van der Waals surface area contributed by atoms with Crippen LogP contribution >= 0.6 is 0 Å². The summed E-state index contributed by atoms with van der Waals surface area (Å²) < 4.78 is 0. The van der Waals surface area contributed by atoms with Gasteiger partial charge in [-0.2, -0.15) is 0 Å². The Balaban J connectivity index is 2.95. The summed E-state index contributed by atoms with van der Waals surface area (Å²) in [4.78, 5) is 4.00. The lowest BCUT2D eigenvalue weighted by Gasteiger charge is -2.05. The van der Waals surface area contributed by atoms with Crippen LogP contribution in [-0.4, -0.2) is 11.9 Å². The summed E-state index contributed by atoms with van der Waals surface area (Å²) in [6.07, 6.45) is 3.59. The van der Waals surface area contributed by atoms with Gasteiger partial charge >= 0.3 is 0 Å². The highest BCUT2D eigenvalue weighted by molar-refractivity contribution is 4.48. The molecule has 0 rings (SSSR count). The summed E-state index contributed by atoms with van der Waals surface area (Å²) in [5, 5.41) is 8.04. The van der Waals surface area contributed by atoms with Crippen molar-refractivity contribution in [3.63, 3.8) is 0 Å². The Kier molecular flexibility index (Phi) is 5.99. The molecule has 0 aromatic heterocycles.